The monoisotopic (exact) mass is 338 g/mol. The molecule has 0 aromatic heterocycles. The molecule has 0 aliphatic heterocycles. The molecule has 0 bridgehead atoms. The molecular formula is C15H17NO4PS+. The van der Waals surface area contributed by atoms with Crippen LogP contribution in [0, 0.1) is 6.92 Å². The summed E-state index contributed by atoms with van der Waals surface area (Å²) in [5.74, 6) is 0. The normalized spacial score (nSPS) is 13.7. The van der Waals surface area contributed by atoms with Crippen LogP contribution in [-0.4, -0.2) is 13.3 Å². The van der Waals surface area contributed by atoms with E-state index in [-0.39, 0.29) is 10.2 Å². The van der Waals surface area contributed by atoms with Crippen LogP contribution in [0.4, 0.5) is 0 Å². The van der Waals surface area contributed by atoms with Gasteiger partial charge in [0, 0.05) is 11.6 Å². The van der Waals surface area contributed by atoms with E-state index in [1.807, 2.05) is 6.92 Å². The molecule has 0 aliphatic carbocycles. The Bertz CT molecular complexity index is 787. The van der Waals surface area contributed by atoms with Gasteiger partial charge in [0.1, 0.15) is 0 Å². The van der Waals surface area contributed by atoms with E-state index in [2.05, 4.69) is 4.72 Å². The minimum Gasteiger partial charge on any atom is -0.207 e. The molecule has 2 aromatic carbocycles. The Hall–Kier alpha value is -1.59. The third-order valence-electron chi connectivity index (χ3n) is 3.27. The van der Waals surface area contributed by atoms with Crippen molar-refractivity contribution in [1.29, 1.82) is 0 Å². The second kappa shape index (κ2) is 6.67. The maximum absolute atomic E-state index is 12.4. The molecule has 2 rings (SSSR count). The zero-order valence-electron chi connectivity index (χ0n) is 12.2. The van der Waals surface area contributed by atoms with E-state index in [0.29, 0.717) is 5.56 Å². The van der Waals surface area contributed by atoms with Crippen LogP contribution in [0.15, 0.2) is 53.4 Å². The lowest BCUT2D eigenvalue weighted by molar-refractivity contribution is 0.512. The molecule has 0 amide bonds. The van der Waals surface area contributed by atoms with Gasteiger partial charge in [-0.15, -0.1) is 0 Å². The van der Waals surface area contributed by atoms with Gasteiger partial charge in [0.05, 0.1) is 4.90 Å². The first kappa shape index (κ1) is 16.8. The van der Waals surface area contributed by atoms with E-state index >= 15 is 0 Å². The van der Waals surface area contributed by atoms with Crippen molar-refractivity contribution in [2.45, 2.75) is 24.8 Å². The Morgan fingerprint density at radius 1 is 1.09 bits per heavy atom. The highest BCUT2D eigenvalue weighted by Crippen LogP contribution is 2.22. The summed E-state index contributed by atoms with van der Waals surface area (Å²) in [5.41, 5.74) is 1.46. The summed E-state index contributed by atoms with van der Waals surface area (Å²) in [7, 11) is -6.23. The van der Waals surface area contributed by atoms with E-state index in [1.165, 1.54) is 18.2 Å². The van der Waals surface area contributed by atoms with Gasteiger partial charge in [0.25, 0.3) is 0 Å². The van der Waals surface area contributed by atoms with Crippen LogP contribution in [0.2, 0.25) is 0 Å². The van der Waals surface area contributed by atoms with E-state index in [4.69, 9.17) is 0 Å². The summed E-state index contributed by atoms with van der Waals surface area (Å²) in [6.45, 7) is 3.52. The first-order chi connectivity index (χ1) is 10.3. The van der Waals surface area contributed by atoms with Gasteiger partial charge in [-0.1, -0.05) is 35.9 Å². The minimum absolute atomic E-state index is 0.163. The number of nitrogens with one attached hydrogen (secondary N) is 1. The van der Waals surface area contributed by atoms with Crippen LogP contribution in [-0.2, 0) is 14.6 Å². The van der Waals surface area contributed by atoms with Gasteiger partial charge in [-0.2, -0.15) is 4.89 Å². The topological polar surface area (TPSA) is 83.5 Å². The van der Waals surface area contributed by atoms with E-state index in [1.54, 1.807) is 37.3 Å². The van der Waals surface area contributed by atoms with Crippen molar-refractivity contribution < 1.29 is 17.9 Å². The number of benzene rings is 2. The highest BCUT2D eigenvalue weighted by molar-refractivity contribution is 7.89. The standard InChI is InChI=1S/C15H16NO4PS/c1-11-7-9-13(10-8-11)22(19,20)16-12(2)14-5-3-4-6-15(14)21(17)18/h3-10,12,16H,1-2H3/p+1. The lowest BCUT2D eigenvalue weighted by Gasteiger charge is -2.14. The molecule has 2 unspecified atom stereocenters. The Morgan fingerprint density at radius 2 is 1.68 bits per heavy atom. The molecule has 0 spiro atoms. The van der Waals surface area contributed by atoms with Crippen molar-refractivity contribution in [2.75, 3.05) is 0 Å². The molecule has 0 heterocycles. The Labute approximate surface area is 130 Å². The van der Waals surface area contributed by atoms with E-state index in [9.17, 15) is 17.9 Å². The van der Waals surface area contributed by atoms with Crippen molar-refractivity contribution in [3.05, 3.63) is 59.7 Å². The molecule has 0 saturated carbocycles. The van der Waals surface area contributed by atoms with Crippen molar-refractivity contribution >= 4 is 23.4 Å². The third kappa shape index (κ3) is 3.78. The van der Waals surface area contributed by atoms with Crippen molar-refractivity contribution in [1.82, 2.24) is 4.72 Å². The van der Waals surface area contributed by atoms with Gasteiger partial charge in [0.2, 0.25) is 15.3 Å². The summed E-state index contributed by atoms with van der Waals surface area (Å²) in [6.07, 6.45) is 0. The zero-order valence-corrected chi connectivity index (χ0v) is 13.9. The van der Waals surface area contributed by atoms with E-state index in [0.717, 1.165) is 5.56 Å². The molecule has 2 aromatic rings. The highest BCUT2D eigenvalue weighted by Gasteiger charge is 2.27. The third-order valence-corrected chi connectivity index (χ3v) is 5.65. The second-order valence-electron chi connectivity index (χ2n) is 4.99. The lowest BCUT2D eigenvalue weighted by Crippen LogP contribution is -2.29. The fraction of sp³-hybridized carbons (Fsp3) is 0.200. The maximum atomic E-state index is 12.4. The zero-order chi connectivity index (χ0) is 16.3. The molecular weight excluding hydrogens is 321 g/mol. The van der Waals surface area contributed by atoms with Gasteiger partial charge in [-0.25, -0.2) is 13.1 Å². The average Bonchev–Trinajstić information content (AvgIpc) is 2.47. The molecule has 7 heteroatoms. The van der Waals surface area contributed by atoms with E-state index < -0.39 is 24.1 Å². The predicted molar refractivity (Wildman–Crippen MR) is 85.8 cm³/mol. The molecule has 2 atom stereocenters. The quantitative estimate of drug-likeness (QED) is 0.820. The number of hydrogen-bond donors (Lipinski definition) is 2. The average molecular weight is 338 g/mol. The van der Waals surface area contributed by atoms with Crippen LogP contribution in [0.1, 0.15) is 24.1 Å². The SMILES string of the molecule is Cc1ccc(S(=O)(=O)NC(C)c2ccccc2[P+](=O)O)cc1. The predicted octanol–water partition coefficient (Wildman–Crippen LogP) is 2.39. The number of sulfonamides is 1. The fourth-order valence-corrected chi connectivity index (χ4v) is 4.04. The second-order valence-corrected chi connectivity index (χ2v) is 7.73. The lowest BCUT2D eigenvalue weighted by atomic mass is 10.1. The number of hydrogen-bond acceptors (Lipinski definition) is 3. The number of rotatable bonds is 5. The highest BCUT2D eigenvalue weighted by atomic mass is 32.2. The largest absolute Gasteiger partial charge is 0.546 e. The molecule has 0 fully saturated rings. The van der Waals surface area contributed by atoms with Crippen molar-refractivity contribution in [3.63, 3.8) is 0 Å². The van der Waals surface area contributed by atoms with Crippen LogP contribution >= 0.6 is 8.03 Å². The van der Waals surface area contributed by atoms with Gasteiger partial charge < -0.3 is 0 Å². The molecule has 0 aliphatic rings. The summed E-state index contributed by atoms with van der Waals surface area (Å²) >= 11 is 0. The van der Waals surface area contributed by atoms with Gasteiger partial charge in [0.15, 0.2) is 0 Å². The molecule has 0 saturated heterocycles. The first-order valence-electron chi connectivity index (χ1n) is 6.65. The van der Waals surface area contributed by atoms with Gasteiger partial charge in [-0.3, -0.25) is 0 Å². The van der Waals surface area contributed by atoms with Crippen LogP contribution in [0.3, 0.4) is 0 Å². The Kier molecular flexibility index (Phi) is 5.08. The van der Waals surface area contributed by atoms with Crippen LogP contribution < -0.4 is 10.0 Å². The summed E-state index contributed by atoms with van der Waals surface area (Å²) in [4.78, 5) is 9.49. The molecule has 116 valence electrons. The van der Waals surface area contributed by atoms with Crippen LogP contribution in [0.5, 0.6) is 0 Å². The first-order valence-corrected chi connectivity index (χ1v) is 9.35. The minimum atomic E-state index is -3.69. The maximum Gasteiger partial charge on any atom is 0.546 e. The molecule has 22 heavy (non-hydrogen) atoms. The molecule has 5 nitrogen and oxygen atoms in total. The fourth-order valence-electron chi connectivity index (χ4n) is 2.11. The Morgan fingerprint density at radius 3 is 2.27 bits per heavy atom. The summed E-state index contributed by atoms with van der Waals surface area (Å²) < 4.78 is 38.6. The molecule has 0 radical (unpaired) electrons. The van der Waals surface area contributed by atoms with Crippen molar-refractivity contribution in [2.24, 2.45) is 0 Å². The smallest absolute Gasteiger partial charge is 0.207 e. The summed E-state index contributed by atoms with van der Waals surface area (Å²) in [5, 5.41) is 0.233. The van der Waals surface area contributed by atoms with Crippen molar-refractivity contribution in [3.8, 4) is 0 Å². The summed E-state index contributed by atoms with van der Waals surface area (Å²) in [6, 6.07) is 12.4. The van der Waals surface area contributed by atoms with Gasteiger partial charge in [-0.05, 0) is 36.6 Å². The Balaban J connectivity index is 2.30. The van der Waals surface area contributed by atoms with Crippen LogP contribution in [0.25, 0.3) is 0 Å². The van der Waals surface area contributed by atoms with Gasteiger partial charge >= 0.3 is 8.03 Å². The molecule has 2 N–H and O–H groups in total. The number of aryl methyl sites for hydroxylation is 1.